The second-order valence-corrected chi connectivity index (χ2v) is 4.46. The number of nitrogens with two attached hydrogens (primary N) is 1. The van der Waals surface area contributed by atoms with Gasteiger partial charge in [-0.3, -0.25) is 15.0 Å². The highest BCUT2D eigenvalue weighted by atomic mass is 32.2. The van der Waals surface area contributed by atoms with Gasteiger partial charge in [0.05, 0.1) is 11.5 Å². The molecule has 92 valence electrons. The fourth-order valence-corrected chi connectivity index (χ4v) is 1.74. The lowest BCUT2D eigenvalue weighted by Gasteiger charge is -2.05. The number of carbonyl (C=O) groups excluding carboxylic acids is 2. The molecule has 1 rings (SSSR count). The lowest BCUT2D eigenvalue weighted by atomic mass is 10.2. The maximum atomic E-state index is 11.5. The first-order valence-electron chi connectivity index (χ1n) is 5.05. The molecule has 0 aliphatic carbocycles. The van der Waals surface area contributed by atoms with Gasteiger partial charge in [0, 0.05) is 5.69 Å². The van der Waals surface area contributed by atoms with Crippen molar-refractivity contribution in [3.63, 3.8) is 0 Å². The third-order valence-electron chi connectivity index (χ3n) is 1.96. The Morgan fingerprint density at radius 2 is 1.76 bits per heavy atom. The molecular weight excluding hydrogens is 238 g/mol. The molecule has 2 amide bonds. The Labute approximate surface area is 104 Å². The summed E-state index contributed by atoms with van der Waals surface area (Å²) in [5, 5.41) is 2.74. The lowest BCUT2D eigenvalue weighted by Crippen LogP contribution is -2.32. The lowest BCUT2D eigenvalue weighted by molar-refractivity contribution is -0.118. The van der Waals surface area contributed by atoms with Gasteiger partial charge < -0.3 is 5.32 Å². The highest BCUT2D eigenvalue weighted by Crippen LogP contribution is 2.09. The quantitative estimate of drug-likeness (QED) is 0.409. The van der Waals surface area contributed by atoms with E-state index in [4.69, 9.17) is 5.84 Å². The molecule has 0 radical (unpaired) electrons. The van der Waals surface area contributed by atoms with Crippen LogP contribution in [-0.4, -0.2) is 23.3 Å². The van der Waals surface area contributed by atoms with Gasteiger partial charge in [0.2, 0.25) is 11.8 Å². The van der Waals surface area contributed by atoms with E-state index in [9.17, 15) is 9.59 Å². The van der Waals surface area contributed by atoms with Crippen molar-refractivity contribution in [3.8, 4) is 0 Å². The molecule has 0 aliphatic heterocycles. The Morgan fingerprint density at radius 3 is 2.35 bits per heavy atom. The van der Waals surface area contributed by atoms with E-state index in [1.165, 1.54) is 11.8 Å². The average molecular weight is 253 g/mol. The summed E-state index contributed by atoms with van der Waals surface area (Å²) in [6.07, 6.45) is 0. The van der Waals surface area contributed by atoms with Crippen molar-refractivity contribution >= 4 is 29.3 Å². The summed E-state index contributed by atoms with van der Waals surface area (Å²) < 4.78 is 0. The Bertz CT molecular complexity index is 392. The molecule has 0 aliphatic rings. The zero-order valence-corrected chi connectivity index (χ0v) is 10.3. The zero-order chi connectivity index (χ0) is 12.7. The second kappa shape index (κ2) is 6.93. The second-order valence-electron chi connectivity index (χ2n) is 3.47. The molecular formula is C11H15N3O2S. The van der Waals surface area contributed by atoms with Crippen LogP contribution in [0.3, 0.4) is 0 Å². The number of thioether (sulfide) groups is 1. The van der Waals surface area contributed by atoms with Crippen molar-refractivity contribution in [3.05, 3.63) is 29.8 Å². The molecule has 0 unspecified atom stereocenters. The first kappa shape index (κ1) is 13.5. The third kappa shape index (κ3) is 5.37. The SMILES string of the molecule is Cc1ccc(NC(=O)CSCC(=O)NN)cc1. The van der Waals surface area contributed by atoms with Crippen LogP contribution in [0.2, 0.25) is 0 Å². The molecule has 0 fully saturated rings. The van der Waals surface area contributed by atoms with Gasteiger partial charge in [-0.1, -0.05) is 17.7 Å². The van der Waals surface area contributed by atoms with Crippen LogP contribution in [0.1, 0.15) is 5.56 Å². The first-order valence-corrected chi connectivity index (χ1v) is 6.21. The normalized spacial score (nSPS) is 9.76. The standard InChI is InChI=1S/C11H15N3O2S/c1-8-2-4-9(5-3-8)13-10(15)6-17-7-11(16)14-12/h2-5H,6-7,12H2,1H3,(H,13,15)(H,14,16). The van der Waals surface area contributed by atoms with Gasteiger partial charge in [-0.2, -0.15) is 0 Å². The minimum absolute atomic E-state index is 0.135. The Morgan fingerprint density at radius 1 is 1.18 bits per heavy atom. The van der Waals surface area contributed by atoms with E-state index in [1.54, 1.807) is 0 Å². The summed E-state index contributed by atoms with van der Waals surface area (Å²) in [5.41, 5.74) is 3.89. The molecule has 0 saturated heterocycles. The van der Waals surface area contributed by atoms with E-state index in [1.807, 2.05) is 36.6 Å². The number of amides is 2. The van der Waals surface area contributed by atoms with Gasteiger partial charge in [0.25, 0.3) is 0 Å². The number of rotatable bonds is 5. The van der Waals surface area contributed by atoms with Crippen molar-refractivity contribution in [1.29, 1.82) is 0 Å². The van der Waals surface area contributed by atoms with Crippen molar-refractivity contribution in [2.24, 2.45) is 5.84 Å². The monoisotopic (exact) mass is 253 g/mol. The van der Waals surface area contributed by atoms with Crippen LogP contribution in [0.25, 0.3) is 0 Å². The van der Waals surface area contributed by atoms with Crippen molar-refractivity contribution in [2.75, 3.05) is 16.8 Å². The Kier molecular flexibility index (Phi) is 5.51. The van der Waals surface area contributed by atoms with E-state index in [0.717, 1.165) is 11.3 Å². The van der Waals surface area contributed by atoms with Gasteiger partial charge in [0.15, 0.2) is 0 Å². The number of carbonyl (C=O) groups is 2. The molecule has 0 spiro atoms. The number of hydrogen-bond donors (Lipinski definition) is 3. The molecule has 1 aromatic rings. The van der Waals surface area contributed by atoms with Crippen LogP contribution in [0.5, 0.6) is 0 Å². The van der Waals surface area contributed by atoms with Crippen molar-refractivity contribution in [1.82, 2.24) is 5.43 Å². The van der Waals surface area contributed by atoms with Crippen LogP contribution in [0, 0.1) is 6.92 Å². The summed E-state index contributed by atoms with van der Waals surface area (Å²) in [4.78, 5) is 22.3. The summed E-state index contributed by atoms with van der Waals surface area (Å²) in [5.74, 6) is 4.89. The van der Waals surface area contributed by atoms with Gasteiger partial charge in [-0.25, -0.2) is 5.84 Å². The molecule has 0 atom stereocenters. The van der Waals surface area contributed by atoms with E-state index in [2.05, 4.69) is 5.32 Å². The molecule has 4 N–H and O–H groups in total. The molecule has 6 heteroatoms. The van der Waals surface area contributed by atoms with E-state index < -0.39 is 0 Å². The summed E-state index contributed by atoms with van der Waals surface area (Å²) in [6.45, 7) is 1.98. The molecule has 0 heterocycles. The molecule has 1 aromatic carbocycles. The summed E-state index contributed by atoms with van der Waals surface area (Å²) in [6, 6.07) is 7.52. The fourth-order valence-electron chi connectivity index (χ4n) is 1.11. The number of anilines is 1. The van der Waals surface area contributed by atoms with E-state index in [0.29, 0.717) is 0 Å². The maximum absolute atomic E-state index is 11.5. The van der Waals surface area contributed by atoms with Gasteiger partial charge >= 0.3 is 0 Å². The Balaban J connectivity index is 2.30. The van der Waals surface area contributed by atoms with Crippen LogP contribution < -0.4 is 16.6 Å². The van der Waals surface area contributed by atoms with E-state index in [-0.39, 0.29) is 23.3 Å². The predicted molar refractivity (Wildman–Crippen MR) is 69.5 cm³/mol. The topological polar surface area (TPSA) is 84.2 Å². The number of benzene rings is 1. The van der Waals surface area contributed by atoms with Gasteiger partial charge in [0.1, 0.15) is 0 Å². The fraction of sp³-hybridized carbons (Fsp3) is 0.273. The highest BCUT2D eigenvalue weighted by molar-refractivity contribution is 8.00. The van der Waals surface area contributed by atoms with E-state index >= 15 is 0 Å². The van der Waals surface area contributed by atoms with Gasteiger partial charge in [-0.15, -0.1) is 11.8 Å². The minimum Gasteiger partial charge on any atom is -0.325 e. The van der Waals surface area contributed by atoms with Crippen molar-refractivity contribution in [2.45, 2.75) is 6.92 Å². The highest BCUT2D eigenvalue weighted by Gasteiger charge is 2.04. The molecule has 17 heavy (non-hydrogen) atoms. The van der Waals surface area contributed by atoms with Gasteiger partial charge in [-0.05, 0) is 19.1 Å². The predicted octanol–water partition coefficient (Wildman–Crippen LogP) is 0.657. The molecule has 5 nitrogen and oxygen atoms in total. The van der Waals surface area contributed by atoms with Crippen molar-refractivity contribution < 1.29 is 9.59 Å². The average Bonchev–Trinajstić information content (AvgIpc) is 2.32. The number of hydrazine groups is 1. The van der Waals surface area contributed by atoms with Crippen LogP contribution in [-0.2, 0) is 9.59 Å². The number of aryl methyl sites for hydroxylation is 1. The smallest absolute Gasteiger partial charge is 0.243 e. The Hall–Kier alpha value is -1.53. The molecule has 0 bridgehead atoms. The number of hydrogen-bond acceptors (Lipinski definition) is 4. The molecule has 0 saturated carbocycles. The largest absolute Gasteiger partial charge is 0.325 e. The third-order valence-corrected chi connectivity index (χ3v) is 2.90. The molecule has 0 aromatic heterocycles. The zero-order valence-electron chi connectivity index (χ0n) is 9.53. The van der Waals surface area contributed by atoms with Crippen LogP contribution >= 0.6 is 11.8 Å². The van der Waals surface area contributed by atoms with Crippen LogP contribution in [0.4, 0.5) is 5.69 Å². The number of nitrogens with one attached hydrogen (secondary N) is 2. The van der Waals surface area contributed by atoms with Crippen LogP contribution in [0.15, 0.2) is 24.3 Å². The first-order chi connectivity index (χ1) is 8.11. The summed E-state index contributed by atoms with van der Waals surface area (Å²) >= 11 is 1.21. The maximum Gasteiger partial charge on any atom is 0.243 e. The summed E-state index contributed by atoms with van der Waals surface area (Å²) in [7, 11) is 0. The minimum atomic E-state index is -0.293.